The normalized spacial score (nSPS) is 11.8. The molecule has 1 aromatic rings. The predicted octanol–water partition coefficient (Wildman–Crippen LogP) is 7.75. The first-order valence-corrected chi connectivity index (χ1v) is 16.7. The van der Waals surface area contributed by atoms with E-state index in [0.29, 0.717) is 49.4 Å². The molecule has 256 valence electrons. The van der Waals surface area contributed by atoms with Gasteiger partial charge in [-0.2, -0.15) is 0 Å². The molecule has 0 aliphatic rings. The van der Waals surface area contributed by atoms with Crippen molar-refractivity contribution in [3.8, 4) is 0 Å². The van der Waals surface area contributed by atoms with Gasteiger partial charge in [0.1, 0.15) is 0 Å². The first-order valence-electron chi connectivity index (χ1n) is 16.7. The molecule has 2 radical (unpaired) electrons. The van der Waals surface area contributed by atoms with Crippen molar-refractivity contribution in [2.45, 2.75) is 119 Å². The summed E-state index contributed by atoms with van der Waals surface area (Å²) in [5.74, 6) is -1.15. The van der Waals surface area contributed by atoms with Gasteiger partial charge in [0.05, 0.1) is 37.6 Å². The molecule has 8 nitrogen and oxygen atoms in total. The predicted molar refractivity (Wildman–Crippen MR) is 183 cm³/mol. The number of hydrogen-bond donors (Lipinski definition) is 0. The molecule has 45 heavy (non-hydrogen) atoms. The minimum atomic E-state index is -0.499. The number of ether oxygens (including phenoxy) is 4. The Hall–Kier alpha value is -2.36. The van der Waals surface area contributed by atoms with Gasteiger partial charge in [0.2, 0.25) is 0 Å². The van der Waals surface area contributed by atoms with Gasteiger partial charge >= 0.3 is 47.8 Å². The number of rotatable bonds is 22. The van der Waals surface area contributed by atoms with Crippen LogP contribution in [0.1, 0.15) is 139 Å². The molecular weight excluding hydrogens is 679 g/mol. The maximum absolute atomic E-state index is 12.6. The number of esters is 4. The third-order valence-corrected chi connectivity index (χ3v) is 7.19. The molecule has 0 amide bonds. The average Bonchev–Trinajstić information content (AvgIpc) is 3.04. The van der Waals surface area contributed by atoms with E-state index < -0.39 is 23.9 Å². The summed E-state index contributed by atoms with van der Waals surface area (Å²) in [5.41, 5.74) is 0.582. The van der Waals surface area contributed by atoms with Crippen molar-refractivity contribution in [1.29, 1.82) is 0 Å². The zero-order valence-corrected chi connectivity index (χ0v) is 32.9. The number of carbonyl (C=O) groups excluding carboxylic acids is 4. The quantitative estimate of drug-likeness (QED) is 0.0391. The van der Waals surface area contributed by atoms with Crippen molar-refractivity contribution in [2.24, 2.45) is 11.8 Å². The van der Waals surface area contributed by atoms with E-state index in [4.69, 9.17) is 18.9 Å². The van der Waals surface area contributed by atoms with Crippen LogP contribution < -0.4 is 0 Å². The van der Waals surface area contributed by atoms with Crippen LogP contribution in [0.15, 0.2) is 36.4 Å². The van der Waals surface area contributed by atoms with Gasteiger partial charge < -0.3 is 18.9 Å². The van der Waals surface area contributed by atoms with Gasteiger partial charge in [0.25, 0.3) is 0 Å². The van der Waals surface area contributed by atoms with Crippen molar-refractivity contribution >= 4 is 47.8 Å². The van der Waals surface area contributed by atoms with Crippen LogP contribution in [0.2, 0.25) is 0 Å². The molecule has 2 atom stereocenters. The summed E-state index contributed by atoms with van der Waals surface area (Å²) in [6.07, 6.45) is 14.4. The van der Waals surface area contributed by atoms with Crippen molar-refractivity contribution in [3.05, 3.63) is 47.5 Å². The van der Waals surface area contributed by atoms with Crippen molar-refractivity contribution < 1.29 is 38.1 Å². The monoisotopic (exact) mass is 740 g/mol. The van der Waals surface area contributed by atoms with E-state index in [2.05, 4.69) is 27.7 Å². The van der Waals surface area contributed by atoms with Crippen LogP contribution in [-0.4, -0.2) is 74.2 Å². The second-order valence-electron chi connectivity index (χ2n) is 11.0. The molecule has 1 aromatic carbocycles. The number of unbranched alkanes of at least 4 members (excludes halogenated alkanes) is 4. The Kier molecular flexibility index (Phi) is 30.1. The molecule has 0 aromatic heterocycles. The van der Waals surface area contributed by atoms with E-state index in [0.717, 1.165) is 89.2 Å². The Morgan fingerprint density at radius 2 is 0.933 bits per heavy atom. The first kappa shape index (κ1) is 44.8. The molecule has 0 N–H and O–H groups in total. The maximum atomic E-state index is 12.6. The van der Waals surface area contributed by atoms with E-state index >= 15 is 0 Å². The molecule has 0 fully saturated rings. The van der Waals surface area contributed by atoms with E-state index in [1.165, 1.54) is 0 Å². The summed E-state index contributed by atoms with van der Waals surface area (Å²) in [6.45, 7) is 14.1. The molecule has 9 heteroatoms. The molecule has 0 bridgehead atoms. The topological polar surface area (TPSA) is 105 Å². The van der Waals surface area contributed by atoms with Crippen LogP contribution in [0, 0.1) is 11.8 Å². The van der Waals surface area contributed by atoms with Gasteiger partial charge in [-0.1, -0.05) is 105 Å². The molecule has 0 saturated heterocycles. The molecule has 1 rings (SSSR count). The summed E-state index contributed by atoms with van der Waals surface area (Å²) in [6, 6.07) is 6.77. The Labute approximate surface area is 289 Å². The Balaban J connectivity index is 0. The van der Waals surface area contributed by atoms with Crippen LogP contribution in [0.25, 0.3) is 0 Å². The Morgan fingerprint density at radius 1 is 0.578 bits per heavy atom. The molecule has 0 aliphatic carbocycles. The van der Waals surface area contributed by atoms with E-state index in [1.807, 2.05) is 13.8 Å². The van der Waals surface area contributed by atoms with Gasteiger partial charge in [-0.05, 0) is 49.7 Å². The fraction of sp³-hybridized carbons (Fsp3) is 0.667. The SMILES string of the molecule is CCCCC(CC)COC(=O)c1ccccc1C(=O)OCC(CC)CCCC.CCCCOC(=O)/C=C\C(=O)OCCCC.[SnH2]. The van der Waals surface area contributed by atoms with Gasteiger partial charge in [0.15, 0.2) is 0 Å². The number of benzene rings is 1. The first-order chi connectivity index (χ1) is 21.3. The summed E-state index contributed by atoms with van der Waals surface area (Å²) < 4.78 is 20.7. The standard InChI is InChI=1S/C24H38O4.C12H20O4.Sn.2H/c1-5-9-13-19(7-3)17-27-23(25)21-15-11-12-16-22(21)24(26)28-18-20(8-4)14-10-6-2;1-3-5-9-15-11(13)7-8-12(14)16-10-6-4-2;;;/h11-12,15-16,19-20H,5-10,13-14,17-18H2,1-4H3;7-8H,3-6,9-10H2,1-2H3;;;/b;8-7-;;;. The van der Waals surface area contributed by atoms with Crippen molar-refractivity contribution in [2.75, 3.05) is 26.4 Å². The summed E-state index contributed by atoms with van der Waals surface area (Å²) in [5, 5.41) is 0. The molecule has 0 heterocycles. The van der Waals surface area contributed by atoms with Gasteiger partial charge in [-0.25, -0.2) is 19.2 Å². The average molecular weight is 740 g/mol. The zero-order valence-electron chi connectivity index (χ0n) is 28.9. The van der Waals surface area contributed by atoms with Gasteiger partial charge in [0, 0.05) is 12.2 Å². The molecular formula is C36H60O8Sn. The Bertz CT molecular complexity index is 887. The number of carbonyl (C=O) groups is 4. The Morgan fingerprint density at radius 3 is 1.24 bits per heavy atom. The van der Waals surface area contributed by atoms with Crippen molar-refractivity contribution in [1.82, 2.24) is 0 Å². The fourth-order valence-electron chi connectivity index (χ4n) is 4.04. The third kappa shape index (κ3) is 22.7. The molecule has 0 spiro atoms. The van der Waals surface area contributed by atoms with E-state index in [1.54, 1.807) is 24.3 Å². The molecule has 0 aliphatic heterocycles. The van der Waals surface area contributed by atoms with E-state index in [9.17, 15) is 19.2 Å². The van der Waals surface area contributed by atoms with Crippen LogP contribution in [0.5, 0.6) is 0 Å². The molecule has 0 saturated carbocycles. The fourth-order valence-corrected chi connectivity index (χ4v) is 4.04. The summed E-state index contributed by atoms with van der Waals surface area (Å²) >= 11 is 0. The minimum absolute atomic E-state index is 0. The molecule has 2 unspecified atom stereocenters. The van der Waals surface area contributed by atoms with Crippen LogP contribution in [0.3, 0.4) is 0 Å². The van der Waals surface area contributed by atoms with E-state index in [-0.39, 0.29) is 23.9 Å². The zero-order chi connectivity index (χ0) is 33.0. The summed E-state index contributed by atoms with van der Waals surface area (Å²) in [7, 11) is 0. The van der Waals surface area contributed by atoms with Crippen LogP contribution in [0.4, 0.5) is 0 Å². The van der Waals surface area contributed by atoms with Crippen molar-refractivity contribution in [3.63, 3.8) is 0 Å². The number of hydrogen-bond acceptors (Lipinski definition) is 8. The third-order valence-electron chi connectivity index (χ3n) is 7.19. The van der Waals surface area contributed by atoms with Crippen LogP contribution in [-0.2, 0) is 28.5 Å². The second kappa shape index (κ2) is 30.3. The summed E-state index contributed by atoms with van der Waals surface area (Å²) in [4.78, 5) is 47.2. The van der Waals surface area contributed by atoms with Gasteiger partial charge in [-0.3, -0.25) is 0 Å². The van der Waals surface area contributed by atoms with Gasteiger partial charge in [-0.15, -0.1) is 0 Å². The second-order valence-corrected chi connectivity index (χ2v) is 11.0. The van der Waals surface area contributed by atoms with Crippen LogP contribution >= 0.6 is 0 Å².